The van der Waals surface area contributed by atoms with Crippen molar-refractivity contribution in [2.24, 2.45) is 17.3 Å². The number of fused-ring (bicyclic) bond motifs is 3. The Bertz CT molecular complexity index is 773. The number of rotatable bonds is 1. The van der Waals surface area contributed by atoms with Crippen molar-refractivity contribution >= 4 is 0 Å². The van der Waals surface area contributed by atoms with Gasteiger partial charge in [-0.25, -0.2) is 0 Å². The zero-order chi connectivity index (χ0) is 17.8. The van der Waals surface area contributed by atoms with Crippen LogP contribution in [0.2, 0.25) is 0 Å². The molecule has 3 nitrogen and oxygen atoms in total. The number of ether oxygens (including phenoxy) is 1. The SMILES string of the molecule is CC(C)(C)[C@@H]1C[C@H]2[C@H](C1)c1cc(O)ccc1O[C@@H]2c1ccc(O)cc1. The molecule has 0 radical (unpaired) electrons. The second kappa shape index (κ2) is 5.69. The summed E-state index contributed by atoms with van der Waals surface area (Å²) in [5.41, 5.74) is 2.52. The summed E-state index contributed by atoms with van der Waals surface area (Å²) in [6.45, 7) is 6.94. The van der Waals surface area contributed by atoms with Gasteiger partial charge in [0.05, 0.1) is 0 Å². The highest BCUT2D eigenvalue weighted by Gasteiger charge is 2.48. The van der Waals surface area contributed by atoms with Crippen molar-refractivity contribution < 1.29 is 14.9 Å². The summed E-state index contributed by atoms with van der Waals surface area (Å²) in [6, 6.07) is 12.9. The highest BCUT2D eigenvalue weighted by Crippen LogP contribution is 2.59. The standard InChI is InChI=1S/C22H26O3/c1-22(2,3)14-10-17-18-12-16(24)8-9-20(18)25-21(19(17)11-14)13-4-6-15(23)7-5-13/h4-9,12,14,17,19,21,23-24H,10-11H2,1-3H3/t14-,17+,19-,21+/m0/s1. The van der Waals surface area contributed by atoms with E-state index < -0.39 is 0 Å². The van der Waals surface area contributed by atoms with E-state index in [1.165, 1.54) is 0 Å². The fourth-order valence-corrected chi connectivity index (χ4v) is 4.61. The van der Waals surface area contributed by atoms with Crippen LogP contribution >= 0.6 is 0 Å². The number of aromatic hydroxyl groups is 2. The molecule has 2 aromatic carbocycles. The molecule has 25 heavy (non-hydrogen) atoms. The van der Waals surface area contributed by atoms with E-state index in [2.05, 4.69) is 20.8 Å². The van der Waals surface area contributed by atoms with Gasteiger partial charge in [0.1, 0.15) is 23.4 Å². The Morgan fingerprint density at radius 2 is 1.60 bits per heavy atom. The lowest BCUT2D eigenvalue weighted by Crippen LogP contribution is -2.26. The van der Waals surface area contributed by atoms with E-state index in [1.807, 2.05) is 24.3 Å². The van der Waals surface area contributed by atoms with E-state index in [-0.39, 0.29) is 17.3 Å². The molecular formula is C22H26O3. The van der Waals surface area contributed by atoms with Crippen molar-refractivity contribution in [2.75, 3.05) is 0 Å². The third-order valence-electron chi connectivity index (χ3n) is 6.09. The van der Waals surface area contributed by atoms with Gasteiger partial charge in [-0.2, -0.15) is 0 Å². The molecule has 0 unspecified atom stereocenters. The van der Waals surface area contributed by atoms with Gasteiger partial charge < -0.3 is 14.9 Å². The molecule has 3 heteroatoms. The lowest BCUT2D eigenvalue weighted by Gasteiger charge is -2.36. The Balaban J connectivity index is 1.77. The summed E-state index contributed by atoms with van der Waals surface area (Å²) in [6.07, 6.45) is 2.24. The van der Waals surface area contributed by atoms with Gasteiger partial charge in [-0.3, -0.25) is 0 Å². The Labute approximate surface area is 149 Å². The summed E-state index contributed by atoms with van der Waals surface area (Å²) in [7, 11) is 0. The van der Waals surface area contributed by atoms with Crippen LogP contribution in [0.15, 0.2) is 42.5 Å². The maximum Gasteiger partial charge on any atom is 0.127 e. The average Bonchev–Trinajstić information content (AvgIpc) is 3.01. The third-order valence-corrected chi connectivity index (χ3v) is 6.09. The Kier molecular flexibility index (Phi) is 3.71. The average molecular weight is 338 g/mol. The highest BCUT2D eigenvalue weighted by molar-refractivity contribution is 5.46. The number of hydrogen-bond donors (Lipinski definition) is 2. The minimum atomic E-state index is -0.00464. The molecule has 2 N–H and O–H groups in total. The first-order valence-corrected chi connectivity index (χ1v) is 9.11. The summed E-state index contributed by atoms with van der Waals surface area (Å²) >= 11 is 0. The monoisotopic (exact) mass is 338 g/mol. The number of benzene rings is 2. The van der Waals surface area contributed by atoms with Crippen molar-refractivity contribution in [1.29, 1.82) is 0 Å². The van der Waals surface area contributed by atoms with Crippen LogP contribution in [0.25, 0.3) is 0 Å². The Hall–Kier alpha value is -2.16. The molecule has 1 heterocycles. The first-order valence-electron chi connectivity index (χ1n) is 9.11. The van der Waals surface area contributed by atoms with Crippen molar-refractivity contribution in [2.45, 2.75) is 45.6 Å². The molecule has 4 atom stereocenters. The first kappa shape index (κ1) is 16.3. The van der Waals surface area contributed by atoms with Crippen molar-refractivity contribution in [1.82, 2.24) is 0 Å². The van der Waals surface area contributed by atoms with E-state index >= 15 is 0 Å². The second-order valence-electron chi connectivity index (χ2n) is 8.66. The topological polar surface area (TPSA) is 49.7 Å². The smallest absolute Gasteiger partial charge is 0.127 e. The van der Waals surface area contributed by atoms with E-state index in [4.69, 9.17) is 4.74 Å². The van der Waals surface area contributed by atoms with Gasteiger partial charge in [0.15, 0.2) is 0 Å². The van der Waals surface area contributed by atoms with E-state index in [1.54, 1.807) is 18.2 Å². The predicted molar refractivity (Wildman–Crippen MR) is 98.0 cm³/mol. The molecule has 1 aliphatic heterocycles. The number of phenols is 2. The van der Waals surface area contributed by atoms with Gasteiger partial charge in [-0.15, -0.1) is 0 Å². The van der Waals surface area contributed by atoms with Crippen LogP contribution in [0, 0.1) is 17.3 Å². The van der Waals surface area contributed by atoms with E-state index in [0.717, 1.165) is 29.7 Å². The Morgan fingerprint density at radius 1 is 0.920 bits per heavy atom. The molecule has 0 aromatic heterocycles. The largest absolute Gasteiger partial charge is 0.508 e. The van der Waals surface area contributed by atoms with Crippen LogP contribution in [0.3, 0.4) is 0 Å². The Morgan fingerprint density at radius 3 is 2.28 bits per heavy atom. The second-order valence-corrected chi connectivity index (χ2v) is 8.66. The van der Waals surface area contributed by atoms with Crippen LogP contribution in [0.5, 0.6) is 17.2 Å². The molecule has 0 bridgehead atoms. The molecule has 2 aromatic rings. The highest BCUT2D eigenvalue weighted by atomic mass is 16.5. The van der Waals surface area contributed by atoms with Crippen LogP contribution < -0.4 is 4.74 Å². The summed E-state index contributed by atoms with van der Waals surface area (Å²) < 4.78 is 6.40. The van der Waals surface area contributed by atoms with Gasteiger partial charge in [-0.05, 0) is 66.0 Å². The van der Waals surface area contributed by atoms with Crippen LogP contribution in [0.1, 0.15) is 56.8 Å². The normalized spacial score (nSPS) is 28.1. The summed E-state index contributed by atoms with van der Waals surface area (Å²) in [5, 5.41) is 19.6. The molecular weight excluding hydrogens is 312 g/mol. The zero-order valence-corrected chi connectivity index (χ0v) is 15.1. The maximum absolute atomic E-state index is 9.96. The summed E-state index contributed by atoms with van der Waals surface area (Å²) in [5.74, 6) is 2.89. The molecule has 0 amide bonds. The molecule has 132 valence electrons. The quantitative estimate of drug-likeness (QED) is 0.733. The summed E-state index contributed by atoms with van der Waals surface area (Å²) in [4.78, 5) is 0. The molecule has 1 saturated carbocycles. The number of hydrogen-bond acceptors (Lipinski definition) is 3. The maximum atomic E-state index is 9.96. The lowest BCUT2D eigenvalue weighted by atomic mass is 9.79. The fourth-order valence-electron chi connectivity index (χ4n) is 4.61. The van der Waals surface area contributed by atoms with Gasteiger partial charge in [0.25, 0.3) is 0 Å². The van der Waals surface area contributed by atoms with Crippen LogP contribution in [0.4, 0.5) is 0 Å². The fraction of sp³-hybridized carbons (Fsp3) is 0.455. The zero-order valence-electron chi connectivity index (χ0n) is 15.1. The predicted octanol–water partition coefficient (Wildman–Crippen LogP) is 5.39. The molecule has 0 spiro atoms. The van der Waals surface area contributed by atoms with Crippen molar-refractivity contribution in [3.05, 3.63) is 53.6 Å². The third kappa shape index (κ3) is 2.86. The molecule has 2 aliphatic rings. The molecule has 1 aliphatic carbocycles. The lowest BCUT2D eigenvalue weighted by molar-refractivity contribution is 0.0994. The molecule has 4 rings (SSSR count). The van der Waals surface area contributed by atoms with Gasteiger partial charge in [0, 0.05) is 11.5 Å². The van der Waals surface area contributed by atoms with E-state index in [9.17, 15) is 10.2 Å². The minimum Gasteiger partial charge on any atom is -0.508 e. The van der Waals surface area contributed by atoms with E-state index in [0.29, 0.717) is 23.5 Å². The number of phenolic OH excluding ortho intramolecular Hbond substituents is 2. The molecule has 0 saturated heterocycles. The minimum absolute atomic E-state index is 0.00464. The van der Waals surface area contributed by atoms with Crippen LogP contribution in [-0.2, 0) is 0 Å². The van der Waals surface area contributed by atoms with Gasteiger partial charge in [0.2, 0.25) is 0 Å². The van der Waals surface area contributed by atoms with Gasteiger partial charge in [-0.1, -0.05) is 32.9 Å². The first-order chi connectivity index (χ1) is 11.8. The van der Waals surface area contributed by atoms with Crippen molar-refractivity contribution in [3.8, 4) is 17.2 Å². The molecule has 1 fully saturated rings. The van der Waals surface area contributed by atoms with Gasteiger partial charge >= 0.3 is 0 Å². The van der Waals surface area contributed by atoms with Crippen LogP contribution in [-0.4, -0.2) is 10.2 Å². The van der Waals surface area contributed by atoms with Crippen molar-refractivity contribution in [3.63, 3.8) is 0 Å².